The molecular weight excluding hydrogens is 499 g/mol. The lowest BCUT2D eigenvalue weighted by Gasteiger charge is -2.22. The van der Waals surface area contributed by atoms with E-state index < -0.39 is 17.3 Å². The summed E-state index contributed by atoms with van der Waals surface area (Å²) < 4.78 is 33.7. The molecule has 0 saturated heterocycles. The normalized spacial score (nSPS) is 12.7. The summed E-state index contributed by atoms with van der Waals surface area (Å²) in [5.41, 5.74) is 0.723. The Kier molecular flexibility index (Phi) is 7.89. The Balaban J connectivity index is 1.88. The van der Waals surface area contributed by atoms with Gasteiger partial charge in [0, 0.05) is 37.5 Å². The maximum atomic E-state index is 14.8. The van der Waals surface area contributed by atoms with Gasteiger partial charge in [-0.05, 0) is 51.4 Å². The van der Waals surface area contributed by atoms with Crippen molar-refractivity contribution >= 4 is 35.4 Å². The van der Waals surface area contributed by atoms with Gasteiger partial charge in [-0.15, -0.1) is 0 Å². The van der Waals surface area contributed by atoms with Crippen LogP contribution in [0, 0.1) is 19.7 Å². The van der Waals surface area contributed by atoms with E-state index in [0.29, 0.717) is 5.82 Å². The molecule has 12 heteroatoms. The molecule has 1 fully saturated rings. The van der Waals surface area contributed by atoms with Crippen molar-refractivity contribution in [2.45, 2.75) is 32.7 Å². The number of carbonyl (C=O) groups is 1. The lowest BCUT2D eigenvalue weighted by Crippen LogP contribution is -2.31. The van der Waals surface area contributed by atoms with Crippen LogP contribution in [0.25, 0.3) is 0 Å². The Bertz CT molecular complexity index is 1390. The zero-order chi connectivity index (χ0) is 26.7. The number of anilines is 3. The number of amides is 1. The van der Waals surface area contributed by atoms with Gasteiger partial charge in [0.1, 0.15) is 17.2 Å². The molecule has 1 aliphatic carbocycles. The SMILES string of the molecule is CNSNc1nccc(Oc2c(C(=O)NC3CC3)c(Nc3ccc(C)cc3F)n(C)c(=O)c2C)c1OC. The number of hydrogen-bond donors (Lipinski definition) is 4. The Hall–Kier alpha value is -3.77. The molecule has 1 aromatic carbocycles. The van der Waals surface area contributed by atoms with Gasteiger partial charge in [-0.3, -0.25) is 18.9 Å². The van der Waals surface area contributed by atoms with Crippen molar-refractivity contribution in [3.05, 3.63) is 63.3 Å². The second-order valence-corrected chi connectivity index (χ2v) is 9.42. The first-order chi connectivity index (χ1) is 17.7. The van der Waals surface area contributed by atoms with Crippen LogP contribution < -0.4 is 35.1 Å². The van der Waals surface area contributed by atoms with E-state index in [1.54, 1.807) is 39.1 Å². The molecule has 2 heterocycles. The number of rotatable bonds is 10. The van der Waals surface area contributed by atoms with Gasteiger partial charge in [-0.25, -0.2) is 14.1 Å². The van der Waals surface area contributed by atoms with Crippen LogP contribution in [0.5, 0.6) is 17.2 Å². The molecule has 0 bridgehead atoms. The van der Waals surface area contributed by atoms with E-state index in [1.165, 1.54) is 43.1 Å². The summed E-state index contributed by atoms with van der Waals surface area (Å²) in [6.45, 7) is 3.35. The third kappa shape index (κ3) is 5.65. The maximum absolute atomic E-state index is 14.8. The van der Waals surface area contributed by atoms with Gasteiger partial charge < -0.3 is 20.1 Å². The third-order valence-electron chi connectivity index (χ3n) is 5.82. The van der Waals surface area contributed by atoms with Crippen LogP contribution >= 0.6 is 12.1 Å². The summed E-state index contributed by atoms with van der Waals surface area (Å²) >= 11 is 1.18. The van der Waals surface area contributed by atoms with E-state index in [0.717, 1.165) is 18.4 Å². The smallest absolute Gasteiger partial charge is 0.259 e. The van der Waals surface area contributed by atoms with E-state index in [-0.39, 0.29) is 45.9 Å². The molecule has 4 N–H and O–H groups in total. The van der Waals surface area contributed by atoms with E-state index in [1.807, 2.05) is 0 Å². The molecule has 3 aromatic rings. The van der Waals surface area contributed by atoms with Crippen molar-refractivity contribution < 1.29 is 18.7 Å². The number of aryl methyl sites for hydroxylation is 1. The van der Waals surface area contributed by atoms with Crippen molar-refractivity contribution in [1.29, 1.82) is 0 Å². The first-order valence-electron chi connectivity index (χ1n) is 11.6. The Morgan fingerprint density at radius 2 is 1.97 bits per heavy atom. The van der Waals surface area contributed by atoms with Gasteiger partial charge in [0.05, 0.1) is 18.4 Å². The second-order valence-electron chi connectivity index (χ2n) is 8.60. The minimum atomic E-state index is -0.516. The van der Waals surface area contributed by atoms with Crippen molar-refractivity contribution in [3.8, 4) is 17.2 Å². The number of hydrogen-bond acceptors (Lipinski definition) is 9. The molecule has 0 unspecified atom stereocenters. The highest BCUT2D eigenvalue weighted by Gasteiger charge is 2.31. The van der Waals surface area contributed by atoms with Crippen LogP contribution in [0.2, 0.25) is 0 Å². The number of pyridine rings is 2. The van der Waals surface area contributed by atoms with Gasteiger partial charge in [-0.1, -0.05) is 6.07 Å². The number of benzene rings is 1. The topological polar surface area (TPSA) is 119 Å². The Morgan fingerprint density at radius 1 is 1.22 bits per heavy atom. The van der Waals surface area contributed by atoms with Crippen molar-refractivity contribution in [1.82, 2.24) is 19.6 Å². The van der Waals surface area contributed by atoms with Crippen LogP contribution in [0.4, 0.5) is 21.7 Å². The Labute approximate surface area is 218 Å². The van der Waals surface area contributed by atoms with Crippen LogP contribution in [-0.2, 0) is 7.05 Å². The minimum absolute atomic E-state index is 0.0340. The van der Waals surface area contributed by atoms with Crippen LogP contribution in [0.15, 0.2) is 35.3 Å². The third-order valence-corrected chi connectivity index (χ3v) is 6.32. The lowest BCUT2D eigenvalue weighted by molar-refractivity contribution is 0.0948. The van der Waals surface area contributed by atoms with Crippen molar-refractivity contribution in [2.75, 3.05) is 24.2 Å². The largest absolute Gasteiger partial charge is 0.490 e. The molecule has 2 aromatic heterocycles. The van der Waals surface area contributed by atoms with Crippen LogP contribution in [-0.4, -0.2) is 35.7 Å². The fourth-order valence-corrected chi connectivity index (χ4v) is 4.07. The number of nitrogens with zero attached hydrogens (tertiary/aromatic N) is 2. The molecule has 0 atom stereocenters. The predicted molar refractivity (Wildman–Crippen MR) is 142 cm³/mol. The van der Waals surface area contributed by atoms with Gasteiger partial charge in [0.25, 0.3) is 11.5 Å². The standard InChI is InChI=1S/C25H29FN6O4S/c1-13-6-9-17(16(26)12-13)30-23-19(24(33)29-15-7-8-15)20(14(2)25(34)32(23)4)36-18-10-11-28-22(21(18)35-5)31-37-27-3/h6,9-12,15,27,30H,7-8H2,1-5H3,(H,28,31)(H,29,33). The van der Waals surface area contributed by atoms with E-state index in [4.69, 9.17) is 9.47 Å². The Morgan fingerprint density at radius 3 is 2.62 bits per heavy atom. The van der Waals surface area contributed by atoms with Gasteiger partial charge in [0.15, 0.2) is 17.3 Å². The molecule has 1 saturated carbocycles. The monoisotopic (exact) mass is 528 g/mol. The van der Waals surface area contributed by atoms with Crippen LogP contribution in [0.1, 0.15) is 34.3 Å². The second kappa shape index (κ2) is 11.1. The summed E-state index contributed by atoms with van der Waals surface area (Å²) in [5, 5.41) is 5.91. The fourth-order valence-electron chi connectivity index (χ4n) is 3.72. The summed E-state index contributed by atoms with van der Waals surface area (Å²) in [4.78, 5) is 31.0. The highest BCUT2D eigenvalue weighted by Crippen LogP contribution is 2.40. The highest BCUT2D eigenvalue weighted by molar-refractivity contribution is 7.98. The molecule has 1 aliphatic rings. The summed E-state index contributed by atoms with van der Waals surface area (Å²) in [7, 11) is 4.72. The number of ether oxygens (including phenoxy) is 2. The van der Waals surface area contributed by atoms with Gasteiger partial charge in [0.2, 0.25) is 5.75 Å². The predicted octanol–water partition coefficient (Wildman–Crippen LogP) is 4.17. The maximum Gasteiger partial charge on any atom is 0.259 e. The van der Waals surface area contributed by atoms with Gasteiger partial charge >= 0.3 is 0 Å². The minimum Gasteiger partial charge on any atom is -0.490 e. The summed E-state index contributed by atoms with van der Waals surface area (Å²) in [6, 6.07) is 6.27. The highest BCUT2D eigenvalue weighted by atomic mass is 32.2. The van der Waals surface area contributed by atoms with E-state index in [2.05, 4.69) is 25.1 Å². The van der Waals surface area contributed by atoms with Crippen molar-refractivity contribution in [3.63, 3.8) is 0 Å². The van der Waals surface area contributed by atoms with E-state index >= 15 is 0 Å². The van der Waals surface area contributed by atoms with Crippen molar-refractivity contribution in [2.24, 2.45) is 7.05 Å². The quantitative estimate of drug-likeness (QED) is 0.288. The average molecular weight is 529 g/mol. The molecule has 1 amide bonds. The fraction of sp³-hybridized carbons (Fsp3) is 0.320. The zero-order valence-corrected chi connectivity index (χ0v) is 22.0. The first-order valence-corrected chi connectivity index (χ1v) is 12.4. The average Bonchev–Trinajstić information content (AvgIpc) is 3.69. The van der Waals surface area contributed by atoms with Crippen LogP contribution in [0.3, 0.4) is 0 Å². The number of aromatic nitrogens is 2. The number of carbonyl (C=O) groups excluding carboxylic acids is 1. The molecular formula is C25H29FN6O4S. The number of methoxy groups -OCH3 is 1. The molecule has 10 nitrogen and oxygen atoms in total. The summed E-state index contributed by atoms with van der Waals surface area (Å²) in [6.07, 6.45) is 3.23. The number of nitrogens with one attached hydrogen (secondary N) is 4. The molecule has 0 aliphatic heterocycles. The lowest BCUT2D eigenvalue weighted by atomic mass is 10.1. The molecule has 0 spiro atoms. The molecule has 196 valence electrons. The molecule has 4 rings (SSSR count). The van der Waals surface area contributed by atoms with Gasteiger partial charge in [-0.2, -0.15) is 0 Å². The zero-order valence-electron chi connectivity index (χ0n) is 21.2. The molecule has 37 heavy (non-hydrogen) atoms. The summed E-state index contributed by atoms with van der Waals surface area (Å²) in [5.74, 6) is 0.0707. The molecule has 0 radical (unpaired) electrons. The number of halogens is 1. The van der Waals surface area contributed by atoms with E-state index in [9.17, 15) is 14.0 Å². The first kappa shape index (κ1) is 26.3.